The maximum Gasteiger partial charge on any atom is 0.356 e. The molecule has 1 aliphatic rings. The standard InChI is InChI=1S/C14H20ClN3O2/c1-17-7-5-10(6-8-17)9-18(2)12-4-3-11(15)13(16-12)14(19)20/h3-4,10H,5-9H2,1-2H3,(H,19,20). The van der Waals surface area contributed by atoms with E-state index in [1.807, 2.05) is 11.9 Å². The van der Waals surface area contributed by atoms with Crippen molar-refractivity contribution < 1.29 is 9.90 Å². The Morgan fingerprint density at radius 1 is 1.50 bits per heavy atom. The third-order valence-corrected chi connectivity index (χ3v) is 4.10. The number of rotatable bonds is 4. The van der Waals surface area contributed by atoms with Crippen LogP contribution in [0.5, 0.6) is 0 Å². The molecule has 0 bridgehead atoms. The zero-order valence-corrected chi connectivity index (χ0v) is 12.6. The van der Waals surface area contributed by atoms with Crippen LogP contribution in [-0.4, -0.2) is 54.7 Å². The molecule has 110 valence electrons. The molecule has 1 aliphatic heterocycles. The zero-order valence-electron chi connectivity index (χ0n) is 11.8. The van der Waals surface area contributed by atoms with E-state index >= 15 is 0 Å². The van der Waals surface area contributed by atoms with Gasteiger partial charge in [-0.15, -0.1) is 0 Å². The Morgan fingerprint density at radius 3 is 2.75 bits per heavy atom. The van der Waals surface area contributed by atoms with Crippen LogP contribution in [0.3, 0.4) is 0 Å². The van der Waals surface area contributed by atoms with Gasteiger partial charge in [-0.1, -0.05) is 11.6 Å². The van der Waals surface area contributed by atoms with Gasteiger partial charge in [0, 0.05) is 13.6 Å². The summed E-state index contributed by atoms with van der Waals surface area (Å²) in [7, 11) is 4.08. The lowest BCUT2D eigenvalue weighted by Gasteiger charge is -2.32. The number of likely N-dealkylation sites (tertiary alicyclic amines) is 1. The summed E-state index contributed by atoms with van der Waals surface area (Å²) in [5.41, 5.74) is -0.0839. The maximum absolute atomic E-state index is 11.1. The number of nitrogens with zero attached hydrogens (tertiary/aromatic N) is 3. The second-order valence-corrected chi connectivity index (χ2v) is 5.84. The number of carbonyl (C=O) groups is 1. The largest absolute Gasteiger partial charge is 0.476 e. The van der Waals surface area contributed by atoms with Crippen LogP contribution in [0.2, 0.25) is 5.02 Å². The summed E-state index contributed by atoms with van der Waals surface area (Å²) in [5.74, 6) is 0.192. The first-order valence-corrected chi connectivity index (χ1v) is 7.14. The molecule has 1 fully saturated rings. The fraction of sp³-hybridized carbons (Fsp3) is 0.571. The van der Waals surface area contributed by atoms with Crippen LogP contribution in [0, 0.1) is 5.92 Å². The van der Waals surface area contributed by atoms with Gasteiger partial charge in [0.05, 0.1) is 5.02 Å². The molecule has 1 N–H and O–H groups in total. The van der Waals surface area contributed by atoms with E-state index in [4.69, 9.17) is 16.7 Å². The lowest BCUT2D eigenvalue weighted by Crippen LogP contribution is -2.36. The Kier molecular flexibility index (Phi) is 4.83. The predicted molar refractivity (Wildman–Crippen MR) is 79.7 cm³/mol. The van der Waals surface area contributed by atoms with E-state index in [1.54, 1.807) is 12.1 Å². The zero-order chi connectivity index (χ0) is 14.7. The smallest absolute Gasteiger partial charge is 0.356 e. The molecule has 0 unspecified atom stereocenters. The van der Waals surface area contributed by atoms with Crippen molar-refractivity contribution in [2.24, 2.45) is 5.92 Å². The molecule has 0 saturated carbocycles. The number of pyridine rings is 1. The van der Waals surface area contributed by atoms with Gasteiger partial charge in [0.25, 0.3) is 0 Å². The number of anilines is 1. The van der Waals surface area contributed by atoms with Crippen molar-refractivity contribution in [3.8, 4) is 0 Å². The van der Waals surface area contributed by atoms with Gasteiger partial charge in [-0.2, -0.15) is 0 Å². The van der Waals surface area contributed by atoms with Crippen LogP contribution < -0.4 is 4.90 Å². The van der Waals surface area contributed by atoms with Crippen LogP contribution in [0.4, 0.5) is 5.82 Å². The lowest BCUT2D eigenvalue weighted by atomic mass is 9.97. The molecule has 0 aromatic carbocycles. The van der Waals surface area contributed by atoms with Crippen molar-refractivity contribution in [2.45, 2.75) is 12.8 Å². The van der Waals surface area contributed by atoms with Gasteiger partial charge < -0.3 is 14.9 Å². The number of hydrogen-bond donors (Lipinski definition) is 1. The Labute approximate surface area is 124 Å². The van der Waals surface area contributed by atoms with Crippen molar-refractivity contribution in [3.63, 3.8) is 0 Å². The monoisotopic (exact) mass is 297 g/mol. The molecule has 0 radical (unpaired) electrons. The summed E-state index contributed by atoms with van der Waals surface area (Å²) >= 11 is 5.84. The second-order valence-electron chi connectivity index (χ2n) is 5.43. The van der Waals surface area contributed by atoms with Crippen LogP contribution in [0.25, 0.3) is 0 Å². The molecule has 1 saturated heterocycles. The van der Waals surface area contributed by atoms with Crippen molar-refractivity contribution >= 4 is 23.4 Å². The first-order chi connectivity index (χ1) is 9.47. The molecule has 0 atom stereocenters. The average Bonchev–Trinajstić information content (AvgIpc) is 2.41. The minimum Gasteiger partial charge on any atom is -0.476 e. The number of carboxylic acids is 1. The molecule has 6 heteroatoms. The minimum atomic E-state index is -1.09. The number of piperidine rings is 1. The normalized spacial score (nSPS) is 17.1. The van der Waals surface area contributed by atoms with E-state index in [-0.39, 0.29) is 10.7 Å². The van der Waals surface area contributed by atoms with E-state index in [0.29, 0.717) is 11.7 Å². The third-order valence-electron chi connectivity index (χ3n) is 3.80. The summed E-state index contributed by atoms with van der Waals surface area (Å²) in [6.07, 6.45) is 2.33. The van der Waals surface area contributed by atoms with E-state index in [2.05, 4.69) is 16.9 Å². The highest BCUT2D eigenvalue weighted by atomic mass is 35.5. The summed E-state index contributed by atoms with van der Waals surface area (Å²) < 4.78 is 0. The molecular weight excluding hydrogens is 278 g/mol. The third kappa shape index (κ3) is 3.61. The number of hydrogen-bond acceptors (Lipinski definition) is 4. The van der Waals surface area contributed by atoms with Crippen molar-refractivity contribution in [1.82, 2.24) is 9.88 Å². The van der Waals surface area contributed by atoms with Gasteiger partial charge in [0.2, 0.25) is 0 Å². The molecule has 0 spiro atoms. The molecule has 2 rings (SSSR count). The second kappa shape index (κ2) is 6.41. The van der Waals surface area contributed by atoms with E-state index < -0.39 is 5.97 Å². The fourth-order valence-corrected chi connectivity index (χ4v) is 2.71. The number of carboxylic acid groups (broad SMARTS) is 1. The fourth-order valence-electron chi connectivity index (χ4n) is 2.52. The number of halogens is 1. The van der Waals surface area contributed by atoms with Crippen molar-refractivity contribution in [3.05, 3.63) is 22.8 Å². The molecule has 1 aromatic rings. The highest BCUT2D eigenvalue weighted by Crippen LogP contribution is 2.22. The summed E-state index contributed by atoms with van der Waals surface area (Å²) in [5, 5.41) is 9.23. The molecule has 5 nitrogen and oxygen atoms in total. The SMILES string of the molecule is CN1CCC(CN(C)c2ccc(Cl)c(C(=O)O)n2)CC1. The van der Waals surface area contributed by atoms with Crippen LogP contribution in [0.1, 0.15) is 23.3 Å². The van der Waals surface area contributed by atoms with E-state index in [0.717, 1.165) is 19.6 Å². The van der Waals surface area contributed by atoms with Crippen molar-refractivity contribution in [2.75, 3.05) is 38.6 Å². The highest BCUT2D eigenvalue weighted by Gasteiger charge is 2.20. The first-order valence-electron chi connectivity index (χ1n) is 6.77. The first kappa shape index (κ1) is 15.1. The lowest BCUT2D eigenvalue weighted by molar-refractivity contribution is 0.0691. The topological polar surface area (TPSA) is 56.7 Å². The molecule has 1 aromatic heterocycles. The Morgan fingerprint density at radius 2 is 2.15 bits per heavy atom. The molecular formula is C14H20ClN3O2. The van der Waals surface area contributed by atoms with Crippen LogP contribution in [0.15, 0.2) is 12.1 Å². The van der Waals surface area contributed by atoms with Gasteiger partial charge in [0.1, 0.15) is 5.82 Å². The maximum atomic E-state index is 11.1. The summed E-state index contributed by atoms with van der Waals surface area (Å²) in [6.45, 7) is 3.13. The van der Waals surface area contributed by atoms with Crippen LogP contribution in [-0.2, 0) is 0 Å². The summed E-state index contributed by atoms with van der Waals surface area (Å²) in [6, 6.07) is 3.36. The number of aromatic carboxylic acids is 1. The summed E-state index contributed by atoms with van der Waals surface area (Å²) in [4.78, 5) is 19.5. The molecule has 20 heavy (non-hydrogen) atoms. The highest BCUT2D eigenvalue weighted by molar-refractivity contribution is 6.33. The molecule has 2 heterocycles. The quantitative estimate of drug-likeness (QED) is 0.923. The van der Waals surface area contributed by atoms with Crippen molar-refractivity contribution in [1.29, 1.82) is 0 Å². The molecule has 0 aliphatic carbocycles. The average molecular weight is 298 g/mol. The van der Waals surface area contributed by atoms with E-state index in [1.165, 1.54) is 12.8 Å². The van der Waals surface area contributed by atoms with Crippen LogP contribution >= 0.6 is 11.6 Å². The van der Waals surface area contributed by atoms with E-state index in [9.17, 15) is 4.79 Å². The Balaban J connectivity index is 2.03. The Bertz CT molecular complexity index is 487. The predicted octanol–water partition coefficient (Wildman–Crippen LogP) is 2.21. The molecule has 0 amide bonds. The van der Waals surface area contributed by atoms with Gasteiger partial charge in [-0.05, 0) is 51.0 Å². The van der Waals surface area contributed by atoms with Gasteiger partial charge in [0.15, 0.2) is 5.69 Å². The Hall–Kier alpha value is -1.33. The van der Waals surface area contributed by atoms with Gasteiger partial charge in [-0.25, -0.2) is 9.78 Å². The number of aromatic nitrogens is 1. The minimum absolute atomic E-state index is 0.0839. The van der Waals surface area contributed by atoms with Gasteiger partial charge >= 0.3 is 5.97 Å². The van der Waals surface area contributed by atoms with Gasteiger partial charge in [-0.3, -0.25) is 0 Å².